The second-order valence-electron chi connectivity index (χ2n) is 6.73. The standard InChI is InChI=1S/C24H19FN2O4/c1-30-18-12-10-17(11-13-18)27-23(28)21(19-8-3-4-9-20(19)31-2)22(24(27)29)26-16-7-5-6-15(25)14-16/h3-14,26H,1-2H3. The van der Waals surface area contributed by atoms with Crippen molar-refractivity contribution in [2.24, 2.45) is 0 Å². The van der Waals surface area contributed by atoms with E-state index < -0.39 is 17.6 Å². The van der Waals surface area contributed by atoms with Gasteiger partial charge in [-0.05, 0) is 48.5 Å². The number of ether oxygens (including phenoxy) is 2. The summed E-state index contributed by atoms with van der Waals surface area (Å²) < 4.78 is 24.3. The number of rotatable bonds is 6. The van der Waals surface area contributed by atoms with Crippen LogP contribution in [0.5, 0.6) is 11.5 Å². The number of methoxy groups -OCH3 is 2. The van der Waals surface area contributed by atoms with Crippen LogP contribution in [0, 0.1) is 5.82 Å². The fourth-order valence-corrected chi connectivity index (χ4v) is 3.42. The second-order valence-corrected chi connectivity index (χ2v) is 6.73. The van der Waals surface area contributed by atoms with Gasteiger partial charge >= 0.3 is 0 Å². The first-order valence-corrected chi connectivity index (χ1v) is 9.46. The van der Waals surface area contributed by atoms with Crippen molar-refractivity contribution in [1.29, 1.82) is 0 Å². The highest BCUT2D eigenvalue weighted by atomic mass is 19.1. The van der Waals surface area contributed by atoms with Crippen LogP contribution in [0.1, 0.15) is 5.56 Å². The molecule has 1 aliphatic heterocycles. The van der Waals surface area contributed by atoms with E-state index in [1.165, 1.54) is 32.4 Å². The van der Waals surface area contributed by atoms with E-state index in [-0.39, 0.29) is 11.3 Å². The molecule has 0 bridgehead atoms. The lowest BCUT2D eigenvalue weighted by atomic mass is 10.0. The van der Waals surface area contributed by atoms with Gasteiger partial charge in [0.15, 0.2) is 0 Å². The quantitative estimate of drug-likeness (QED) is 0.607. The van der Waals surface area contributed by atoms with Gasteiger partial charge in [-0.25, -0.2) is 9.29 Å². The van der Waals surface area contributed by atoms with E-state index in [4.69, 9.17) is 9.47 Å². The van der Waals surface area contributed by atoms with Gasteiger partial charge in [0.2, 0.25) is 0 Å². The molecule has 1 aliphatic rings. The van der Waals surface area contributed by atoms with Crippen molar-refractivity contribution in [3.8, 4) is 11.5 Å². The Morgan fingerprint density at radius 1 is 0.839 bits per heavy atom. The summed E-state index contributed by atoms with van der Waals surface area (Å²) in [5.74, 6) is -0.500. The van der Waals surface area contributed by atoms with Gasteiger partial charge in [0, 0.05) is 11.3 Å². The van der Waals surface area contributed by atoms with Crippen molar-refractivity contribution < 1.29 is 23.5 Å². The fourth-order valence-electron chi connectivity index (χ4n) is 3.42. The van der Waals surface area contributed by atoms with Crippen molar-refractivity contribution >= 4 is 28.8 Å². The van der Waals surface area contributed by atoms with Gasteiger partial charge in [0.05, 0.1) is 25.5 Å². The van der Waals surface area contributed by atoms with Crippen LogP contribution in [0.15, 0.2) is 78.5 Å². The van der Waals surface area contributed by atoms with Gasteiger partial charge in [-0.3, -0.25) is 9.59 Å². The number of amides is 2. The van der Waals surface area contributed by atoms with Crippen LogP contribution in [0.2, 0.25) is 0 Å². The van der Waals surface area contributed by atoms with E-state index in [0.29, 0.717) is 28.4 Å². The summed E-state index contributed by atoms with van der Waals surface area (Å²) in [6.45, 7) is 0. The molecule has 0 atom stereocenters. The minimum atomic E-state index is -0.555. The molecule has 4 rings (SSSR count). The smallest absolute Gasteiger partial charge is 0.282 e. The van der Waals surface area contributed by atoms with Crippen molar-refractivity contribution in [2.75, 3.05) is 24.4 Å². The molecule has 0 aromatic heterocycles. The van der Waals surface area contributed by atoms with Crippen molar-refractivity contribution in [1.82, 2.24) is 0 Å². The van der Waals surface area contributed by atoms with Crippen LogP contribution in [0.3, 0.4) is 0 Å². The highest BCUT2D eigenvalue weighted by Crippen LogP contribution is 2.37. The molecule has 0 unspecified atom stereocenters. The molecule has 156 valence electrons. The van der Waals surface area contributed by atoms with Crippen LogP contribution < -0.4 is 19.7 Å². The molecule has 1 N–H and O–H groups in total. The zero-order valence-corrected chi connectivity index (χ0v) is 16.9. The van der Waals surface area contributed by atoms with E-state index in [1.54, 1.807) is 54.6 Å². The summed E-state index contributed by atoms with van der Waals surface area (Å²) >= 11 is 0. The first-order valence-electron chi connectivity index (χ1n) is 9.46. The summed E-state index contributed by atoms with van der Waals surface area (Å²) in [6.07, 6.45) is 0. The number of imide groups is 1. The number of carbonyl (C=O) groups excluding carboxylic acids is 2. The SMILES string of the molecule is COc1ccc(N2C(=O)C(Nc3cccc(F)c3)=C(c3ccccc3OC)C2=O)cc1. The molecule has 0 fully saturated rings. The van der Waals surface area contributed by atoms with Gasteiger partial charge in [-0.1, -0.05) is 24.3 Å². The molecule has 0 aliphatic carbocycles. The number of nitrogens with zero attached hydrogens (tertiary/aromatic N) is 1. The largest absolute Gasteiger partial charge is 0.497 e. The third-order valence-corrected chi connectivity index (χ3v) is 4.88. The lowest BCUT2D eigenvalue weighted by molar-refractivity contribution is -0.120. The van der Waals surface area contributed by atoms with E-state index in [9.17, 15) is 14.0 Å². The average Bonchev–Trinajstić information content (AvgIpc) is 3.03. The van der Waals surface area contributed by atoms with Crippen LogP contribution in [-0.4, -0.2) is 26.0 Å². The summed E-state index contributed by atoms with van der Waals surface area (Å²) in [7, 11) is 3.02. The Morgan fingerprint density at radius 2 is 1.58 bits per heavy atom. The Balaban J connectivity index is 1.84. The second kappa shape index (κ2) is 8.31. The van der Waals surface area contributed by atoms with E-state index in [1.807, 2.05) is 0 Å². The first kappa shape index (κ1) is 20.2. The summed E-state index contributed by atoms with van der Waals surface area (Å²) in [6, 6.07) is 19.2. The van der Waals surface area contributed by atoms with Crippen LogP contribution in [0.4, 0.5) is 15.8 Å². The normalized spacial score (nSPS) is 13.6. The van der Waals surface area contributed by atoms with Gasteiger partial charge in [0.1, 0.15) is 23.0 Å². The third-order valence-electron chi connectivity index (χ3n) is 4.88. The molecular formula is C24H19FN2O4. The van der Waals surface area contributed by atoms with Crippen molar-refractivity contribution in [3.63, 3.8) is 0 Å². The highest BCUT2D eigenvalue weighted by Gasteiger charge is 2.41. The molecule has 0 radical (unpaired) electrons. The summed E-state index contributed by atoms with van der Waals surface area (Å²) in [5, 5.41) is 2.93. The molecule has 0 saturated carbocycles. The topological polar surface area (TPSA) is 67.9 Å². The van der Waals surface area contributed by atoms with Crippen LogP contribution in [-0.2, 0) is 9.59 Å². The molecule has 6 nitrogen and oxygen atoms in total. The number of hydrogen-bond acceptors (Lipinski definition) is 5. The van der Waals surface area contributed by atoms with Crippen molar-refractivity contribution in [2.45, 2.75) is 0 Å². The Morgan fingerprint density at radius 3 is 2.26 bits per heavy atom. The number of nitrogens with one attached hydrogen (secondary N) is 1. The average molecular weight is 418 g/mol. The lowest BCUT2D eigenvalue weighted by Gasteiger charge is -2.16. The van der Waals surface area contributed by atoms with Crippen LogP contribution in [0.25, 0.3) is 5.57 Å². The van der Waals surface area contributed by atoms with Gasteiger partial charge < -0.3 is 14.8 Å². The molecule has 0 spiro atoms. The van der Waals surface area contributed by atoms with E-state index in [2.05, 4.69) is 5.32 Å². The minimum Gasteiger partial charge on any atom is -0.497 e. The van der Waals surface area contributed by atoms with E-state index >= 15 is 0 Å². The molecule has 3 aromatic rings. The maximum absolute atomic E-state index is 13.7. The van der Waals surface area contributed by atoms with Gasteiger partial charge in [0.25, 0.3) is 11.8 Å². The number of halogens is 1. The van der Waals surface area contributed by atoms with Gasteiger partial charge in [-0.2, -0.15) is 0 Å². The lowest BCUT2D eigenvalue weighted by Crippen LogP contribution is -2.32. The molecular weight excluding hydrogens is 399 g/mol. The predicted octanol–water partition coefficient (Wildman–Crippen LogP) is 4.24. The third kappa shape index (κ3) is 3.73. The highest BCUT2D eigenvalue weighted by molar-refractivity contribution is 6.46. The van der Waals surface area contributed by atoms with Crippen LogP contribution >= 0.6 is 0 Å². The monoisotopic (exact) mass is 418 g/mol. The molecule has 31 heavy (non-hydrogen) atoms. The Bertz CT molecular complexity index is 1190. The number of carbonyl (C=O) groups is 2. The number of anilines is 2. The predicted molar refractivity (Wildman–Crippen MR) is 115 cm³/mol. The first-order chi connectivity index (χ1) is 15.0. The maximum atomic E-state index is 13.7. The molecule has 7 heteroatoms. The fraction of sp³-hybridized carbons (Fsp3) is 0.0833. The zero-order valence-electron chi connectivity index (χ0n) is 16.9. The molecule has 0 saturated heterocycles. The maximum Gasteiger partial charge on any atom is 0.282 e. The Kier molecular flexibility index (Phi) is 5.41. The Labute approximate surface area is 178 Å². The zero-order chi connectivity index (χ0) is 22.0. The summed E-state index contributed by atoms with van der Waals surface area (Å²) in [4.78, 5) is 27.9. The number of hydrogen-bond donors (Lipinski definition) is 1. The number of benzene rings is 3. The van der Waals surface area contributed by atoms with E-state index in [0.717, 1.165) is 4.90 Å². The molecule has 3 aromatic carbocycles. The molecule has 2 amide bonds. The minimum absolute atomic E-state index is 0.0379. The Hall–Kier alpha value is -4.13. The molecule has 1 heterocycles. The van der Waals surface area contributed by atoms with Gasteiger partial charge in [-0.15, -0.1) is 0 Å². The number of para-hydroxylation sites is 1. The summed E-state index contributed by atoms with van der Waals surface area (Å²) in [5.41, 5.74) is 1.37. The van der Waals surface area contributed by atoms with Crippen molar-refractivity contribution in [3.05, 3.63) is 89.9 Å².